The third kappa shape index (κ3) is 3.95. The van der Waals surface area contributed by atoms with E-state index in [0.717, 1.165) is 11.3 Å². The Hall–Kier alpha value is -3.85. The highest BCUT2D eigenvalue weighted by atomic mass is 16.5. The molecule has 0 aliphatic carbocycles. The number of carbonyl (C=O) groups is 1. The fourth-order valence-corrected chi connectivity index (χ4v) is 3.84. The number of amides is 1. The molecule has 0 bridgehead atoms. The number of morpholine rings is 1. The molecule has 1 unspecified atom stereocenters. The smallest absolute Gasteiger partial charge is 0.256 e. The molecule has 2 aromatic heterocycles. The third-order valence-electron chi connectivity index (χ3n) is 5.29. The zero-order valence-electron chi connectivity index (χ0n) is 16.8. The number of aromatic nitrogens is 6. The highest BCUT2D eigenvalue weighted by Gasteiger charge is 2.30. The standard InChI is InChI=1S/C22H21N7O2/c30-22(20-6-1-2-7-21(20)29-25-10-11-26-29)27-12-13-31-16-19(27)15-17-4-3-5-18(14-17)28-23-8-9-24-28/h1-11,14,19H,12-13,15-16H2. The van der Waals surface area contributed by atoms with Crippen molar-refractivity contribution in [2.45, 2.75) is 12.5 Å². The molecule has 1 saturated heterocycles. The van der Waals surface area contributed by atoms with E-state index in [2.05, 4.69) is 20.4 Å². The second-order valence-corrected chi connectivity index (χ2v) is 7.26. The van der Waals surface area contributed by atoms with Crippen LogP contribution in [0, 0.1) is 0 Å². The van der Waals surface area contributed by atoms with E-state index in [-0.39, 0.29) is 11.9 Å². The van der Waals surface area contributed by atoms with E-state index in [1.54, 1.807) is 29.6 Å². The summed E-state index contributed by atoms with van der Waals surface area (Å²) in [6.45, 7) is 1.53. The van der Waals surface area contributed by atoms with Crippen LogP contribution in [0.2, 0.25) is 0 Å². The van der Waals surface area contributed by atoms with Crippen LogP contribution in [0.25, 0.3) is 11.4 Å². The molecule has 2 aromatic carbocycles. The minimum absolute atomic E-state index is 0.0499. The Morgan fingerprint density at radius 2 is 1.68 bits per heavy atom. The van der Waals surface area contributed by atoms with Gasteiger partial charge >= 0.3 is 0 Å². The third-order valence-corrected chi connectivity index (χ3v) is 5.29. The van der Waals surface area contributed by atoms with Gasteiger partial charge in [-0.2, -0.15) is 30.0 Å². The summed E-state index contributed by atoms with van der Waals surface area (Å²) >= 11 is 0. The lowest BCUT2D eigenvalue weighted by Crippen LogP contribution is -2.50. The van der Waals surface area contributed by atoms with Crippen LogP contribution in [-0.2, 0) is 11.2 Å². The highest BCUT2D eigenvalue weighted by molar-refractivity contribution is 5.98. The number of nitrogens with zero attached hydrogens (tertiary/aromatic N) is 7. The van der Waals surface area contributed by atoms with E-state index in [0.29, 0.717) is 37.4 Å². The van der Waals surface area contributed by atoms with Crippen molar-refractivity contribution in [3.8, 4) is 11.4 Å². The lowest BCUT2D eigenvalue weighted by atomic mass is 10.0. The van der Waals surface area contributed by atoms with Gasteiger partial charge in [0.15, 0.2) is 0 Å². The minimum Gasteiger partial charge on any atom is -0.377 e. The quantitative estimate of drug-likeness (QED) is 0.495. The molecule has 0 radical (unpaired) electrons. The van der Waals surface area contributed by atoms with Gasteiger partial charge in [0.1, 0.15) is 0 Å². The molecule has 1 atom stereocenters. The molecule has 0 spiro atoms. The Bertz CT molecular complexity index is 1160. The lowest BCUT2D eigenvalue weighted by molar-refractivity contribution is -0.00165. The van der Waals surface area contributed by atoms with Gasteiger partial charge in [-0.3, -0.25) is 4.79 Å². The predicted octanol–water partition coefficient (Wildman–Crippen LogP) is 1.93. The lowest BCUT2D eigenvalue weighted by Gasteiger charge is -2.36. The Labute approximate surface area is 178 Å². The van der Waals surface area contributed by atoms with Crippen LogP contribution in [0.5, 0.6) is 0 Å². The first kappa shape index (κ1) is 19.1. The molecule has 9 nitrogen and oxygen atoms in total. The van der Waals surface area contributed by atoms with Crippen LogP contribution in [0.15, 0.2) is 73.3 Å². The molecule has 0 N–H and O–H groups in total. The number of hydrogen-bond donors (Lipinski definition) is 0. The molecule has 1 aliphatic rings. The number of ether oxygens (including phenoxy) is 1. The monoisotopic (exact) mass is 415 g/mol. The van der Waals surface area contributed by atoms with Crippen LogP contribution >= 0.6 is 0 Å². The fraction of sp³-hybridized carbons (Fsp3) is 0.227. The van der Waals surface area contributed by atoms with Gasteiger partial charge in [0, 0.05) is 6.54 Å². The number of hydrogen-bond acceptors (Lipinski definition) is 6. The summed E-state index contributed by atoms with van der Waals surface area (Å²) in [5, 5.41) is 16.8. The summed E-state index contributed by atoms with van der Waals surface area (Å²) in [7, 11) is 0. The van der Waals surface area contributed by atoms with Crippen LogP contribution in [0.3, 0.4) is 0 Å². The van der Waals surface area contributed by atoms with Gasteiger partial charge in [-0.15, -0.1) is 0 Å². The van der Waals surface area contributed by atoms with Crippen molar-refractivity contribution in [3.05, 3.63) is 84.4 Å². The van der Waals surface area contributed by atoms with Crippen LogP contribution in [0.4, 0.5) is 0 Å². The van der Waals surface area contributed by atoms with Crippen molar-refractivity contribution in [3.63, 3.8) is 0 Å². The van der Waals surface area contributed by atoms with Crippen molar-refractivity contribution in [2.24, 2.45) is 0 Å². The number of para-hydroxylation sites is 1. The average Bonchev–Trinajstić information content (AvgIpc) is 3.54. The molecule has 1 aliphatic heterocycles. The molecule has 4 aromatic rings. The van der Waals surface area contributed by atoms with Gasteiger partial charge in [-0.05, 0) is 36.2 Å². The Balaban J connectivity index is 1.41. The van der Waals surface area contributed by atoms with Crippen LogP contribution in [-0.4, -0.2) is 66.6 Å². The maximum absolute atomic E-state index is 13.5. The van der Waals surface area contributed by atoms with Crippen molar-refractivity contribution >= 4 is 5.91 Å². The zero-order chi connectivity index (χ0) is 21.0. The van der Waals surface area contributed by atoms with E-state index in [1.165, 1.54) is 4.80 Å². The van der Waals surface area contributed by atoms with E-state index in [9.17, 15) is 4.79 Å². The maximum atomic E-state index is 13.5. The molecular formula is C22H21N7O2. The first-order chi connectivity index (χ1) is 15.3. The van der Waals surface area contributed by atoms with Crippen molar-refractivity contribution in [1.29, 1.82) is 0 Å². The second-order valence-electron chi connectivity index (χ2n) is 7.26. The molecule has 156 valence electrons. The molecule has 9 heteroatoms. The zero-order valence-corrected chi connectivity index (χ0v) is 16.8. The topological polar surface area (TPSA) is 91.0 Å². The van der Waals surface area contributed by atoms with Gasteiger partial charge in [-0.25, -0.2) is 0 Å². The Kier molecular flexibility index (Phi) is 5.24. The van der Waals surface area contributed by atoms with Crippen LogP contribution < -0.4 is 0 Å². The summed E-state index contributed by atoms with van der Waals surface area (Å²) in [5.41, 5.74) is 3.20. The van der Waals surface area contributed by atoms with Gasteiger partial charge in [-0.1, -0.05) is 24.3 Å². The summed E-state index contributed by atoms with van der Waals surface area (Å²) in [4.78, 5) is 18.5. The van der Waals surface area contributed by atoms with E-state index < -0.39 is 0 Å². The molecule has 3 heterocycles. The highest BCUT2D eigenvalue weighted by Crippen LogP contribution is 2.21. The SMILES string of the molecule is O=C(c1ccccc1-n1nccn1)N1CCOCC1Cc1cccc(-n2nccn2)c1. The molecule has 5 rings (SSSR count). The van der Waals surface area contributed by atoms with Gasteiger partial charge in [0.25, 0.3) is 5.91 Å². The minimum atomic E-state index is -0.0827. The first-order valence-corrected chi connectivity index (χ1v) is 10.1. The average molecular weight is 415 g/mol. The largest absolute Gasteiger partial charge is 0.377 e. The van der Waals surface area contributed by atoms with E-state index >= 15 is 0 Å². The summed E-state index contributed by atoms with van der Waals surface area (Å²) in [5.74, 6) is -0.0499. The summed E-state index contributed by atoms with van der Waals surface area (Å²) in [6, 6.07) is 15.3. The van der Waals surface area contributed by atoms with Gasteiger partial charge < -0.3 is 9.64 Å². The van der Waals surface area contributed by atoms with Crippen LogP contribution in [0.1, 0.15) is 15.9 Å². The Morgan fingerprint density at radius 3 is 2.48 bits per heavy atom. The Morgan fingerprint density at radius 1 is 0.935 bits per heavy atom. The normalized spacial score (nSPS) is 16.4. The van der Waals surface area contributed by atoms with E-state index in [1.807, 2.05) is 53.4 Å². The fourth-order valence-electron chi connectivity index (χ4n) is 3.84. The van der Waals surface area contributed by atoms with Gasteiger partial charge in [0.05, 0.1) is 61.0 Å². The second kappa shape index (κ2) is 8.49. The van der Waals surface area contributed by atoms with Crippen molar-refractivity contribution in [2.75, 3.05) is 19.8 Å². The molecule has 1 amide bonds. The number of rotatable bonds is 5. The molecule has 31 heavy (non-hydrogen) atoms. The van der Waals surface area contributed by atoms with Crippen molar-refractivity contribution in [1.82, 2.24) is 34.9 Å². The summed E-state index contributed by atoms with van der Waals surface area (Å²) in [6.07, 6.45) is 7.16. The number of carbonyl (C=O) groups excluding carboxylic acids is 1. The molecular weight excluding hydrogens is 394 g/mol. The maximum Gasteiger partial charge on any atom is 0.256 e. The number of benzene rings is 2. The first-order valence-electron chi connectivity index (χ1n) is 10.1. The molecule has 1 fully saturated rings. The molecule has 0 saturated carbocycles. The predicted molar refractivity (Wildman–Crippen MR) is 112 cm³/mol. The van der Waals surface area contributed by atoms with Gasteiger partial charge in [0.2, 0.25) is 0 Å². The van der Waals surface area contributed by atoms with Crippen molar-refractivity contribution < 1.29 is 9.53 Å². The van der Waals surface area contributed by atoms with E-state index in [4.69, 9.17) is 4.74 Å². The summed E-state index contributed by atoms with van der Waals surface area (Å²) < 4.78 is 5.72.